The van der Waals surface area contributed by atoms with Crippen molar-refractivity contribution in [3.8, 4) is 0 Å². The second-order valence-electron chi connectivity index (χ2n) is 7.64. The molecule has 0 spiro atoms. The summed E-state index contributed by atoms with van der Waals surface area (Å²) in [6.45, 7) is 5.49. The topological polar surface area (TPSA) is 80.3 Å². The van der Waals surface area contributed by atoms with E-state index in [1.807, 2.05) is 32.0 Å². The number of carbonyl (C=O) groups excluding carboxylic acids is 2. The summed E-state index contributed by atoms with van der Waals surface area (Å²) in [5, 5.41) is 8.84. The number of anilines is 1. The average Bonchev–Trinajstić information content (AvgIpc) is 3.13. The minimum atomic E-state index is -0.183. The molecule has 1 aromatic heterocycles. The number of hydrogen-bond donors (Lipinski definition) is 2. The van der Waals surface area contributed by atoms with Crippen LogP contribution >= 0.6 is 22.9 Å². The van der Waals surface area contributed by atoms with Gasteiger partial charge in [0.2, 0.25) is 11.8 Å². The SMILES string of the molecule is CC(C)C(=O)Nc1nc(CC(=O)NCC2(c3cccc(Cl)c3)CCOCC2)cs1. The quantitative estimate of drug-likeness (QED) is 0.693. The first kappa shape index (κ1) is 21.7. The standard InChI is InChI=1S/C21H26ClN3O3S/c1-14(2)19(27)25-20-24-17(12-29-20)11-18(26)23-13-21(6-8-28-9-7-21)15-4-3-5-16(22)10-15/h3-5,10,12,14H,6-9,11,13H2,1-2H3,(H,23,26)(H,24,25,27). The third-order valence-electron chi connectivity index (χ3n) is 5.16. The summed E-state index contributed by atoms with van der Waals surface area (Å²) in [5.41, 5.74) is 1.59. The molecule has 2 amide bonds. The highest BCUT2D eigenvalue weighted by atomic mass is 35.5. The van der Waals surface area contributed by atoms with Gasteiger partial charge in [0, 0.05) is 41.5 Å². The fourth-order valence-corrected chi connectivity index (χ4v) is 4.24. The molecule has 8 heteroatoms. The van der Waals surface area contributed by atoms with Gasteiger partial charge in [-0.2, -0.15) is 0 Å². The summed E-state index contributed by atoms with van der Waals surface area (Å²) in [6, 6.07) is 7.84. The van der Waals surface area contributed by atoms with Crippen LogP contribution in [0.4, 0.5) is 5.13 Å². The van der Waals surface area contributed by atoms with E-state index in [2.05, 4.69) is 21.7 Å². The summed E-state index contributed by atoms with van der Waals surface area (Å²) in [6.07, 6.45) is 1.83. The van der Waals surface area contributed by atoms with Crippen molar-refractivity contribution >= 4 is 39.9 Å². The Kier molecular flexibility index (Phi) is 7.27. The van der Waals surface area contributed by atoms with Gasteiger partial charge >= 0.3 is 0 Å². The molecule has 2 heterocycles. The van der Waals surface area contributed by atoms with E-state index in [9.17, 15) is 9.59 Å². The maximum absolute atomic E-state index is 12.5. The lowest BCUT2D eigenvalue weighted by molar-refractivity contribution is -0.121. The fraction of sp³-hybridized carbons (Fsp3) is 0.476. The van der Waals surface area contributed by atoms with E-state index in [0.717, 1.165) is 18.4 Å². The zero-order valence-corrected chi connectivity index (χ0v) is 18.2. The monoisotopic (exact) mass is 435 g/mol. The Morgan fingerprint density at radius 2 is 2.07 bits per heavy atom. The van der Waals surface area contributed by atoms with Gasteiger partial charge in [-0.15, -0.1) is 11.3 Å². The summed E-state index contributed by atoms with van der Waals surface area (Å²) in [7, 11) is 0. The van der Waals surface area contributed by atoms with Crippen molar-refractivity contribution < 1.29 is 14.3 Å². The molecular weight excluding hydrogens is 410 g/mol. The number of nitrogens with one attached hydrogen (secondary N) is 2. The fourth-order valence-electron chi connectivity index (χ4n) is 3.34. The van der Waals surface area contributed by atoms with Gasteiger partial charge in [-0.3, -0.25) is 9.59 Å². The third-order valence-corrected chi connectivity index (χ3v) is 6.20. The minimum absolute atomic E-state index is 0.0849. The highest BCUT2D eigenvalue weighted by molar-refractivity contribution is 7.13. The van der Waals surface area contributed by atoms with Gasteiger partial charge in [-0.05, 0) is 30.5 Å². The molecule has 1 fully saturated rings. The Balaban J connectivity index is 1.61. The predicted octanol–water partition coefficient (Wildman–Crippen LogP) is 3.80. The van der Waals surface area contributed by atoms with Crippen LogP contribution < -0.4 is 10.6 Å². The van der Waals surface area contributed by atoms with E-state index >= 15 is 0 Å². The van der Waals surface area contributed by atoms with Crippen LogP contribution in [0.2, 0.25) is 5.02 Å². The molecule has 1 aliphatic rings. The van der Waals surface area contributed by atoms with Crippen LogP contribution in [0.5, 0.6) is 0 Å². The second kappa shape index (κ2) is 9.69. The van der Waals surface area contributed by atoms with E-state index in [1.165, 1.54) is 11.3 Å². The molecule has 0 saturated carbocycles. The molecule has 6 nitrogen and oxygen atoms in total. The predicted molar refractivity (Wildman–Crippen MR) is 115 cm³/mol. The number of hydrogen-bond acceptors (Lipinski definition) is 5. The first-order chi connectivity index (χ1) is 13.9. The lowest BCUT2D eigenvalue weighted by atomic mass is 9.74. The number of nitrogens with zero attached hydrogens (tertiary/aromatic N) is 1. The largest absolute Gasteiger partial charge is 0.381 e. The molecule has 0 bridgehead atoms. The lowest BCUT2D eigenvalue weighted by Gasteiger charge is -2.38. The summed E-state index contributed by atoms with van der Waals surface area (Å²) < 4.78 is 5.54. The molecule has 29 heavy (non-hydrogen) atoms. The van der Waals surface area contributed by atoms with Crippen molar-refractivity contribution in [1.82, 2.24) is 10.3 Å². The average molecular weight is 436 g/mol. The van der Waals surface area contributed by atoms with Gasteiger partial charge < -0.3 is 15.4 Å². The Hall–Kier alpha value is -1.96. The number of rotatable bonds is 7. The normalized spacial score (nSPS) is 15.9. The number of benzene rings is 1. The highest BCUT2D eigenvalue weighted by Gasteiger charge is 2.35. The van der Waals surface area contributed by atoms with E-state index in [4.69, 9.17) is 16.3 Å². The number of halogens is 1. The molecule has 0 unspecified atom stereocenters. The van der Waals surface area contributed by atoms with Crippen LogP contribution in [0.15, 0.2) is 29.6 Å². The van der Waals surface area contributed by atoms with E-state index in [0.29, 0.717) is 35.6 Å². The van der Waals surface area contributed by atoms with Crippen molar-refractivity contribution in [2.24, 2.45) is 5.92 Å². The molecule has 0 radical (unpaired) electrons. The number of thiazole rings is 1. The Morgan fingerprint density at radius 3 is 2.76 bits per heavy atom. The first-order valence-corrected chi connectivity index (χ1v) is 11.0. The number of ether oxygens (including phenoxy) is 1. The Bertz CT molecular complexity index is 862. The Labute approximate surface area is 180 Å². The van der Waals surface area contributed by atoms with Crippen molar-refractivity contribution in [1.29, 1.82) is 0 Å². The second-order valence-corrected chi connectivity index (χ2v) is 8.94. The number of carbonyl (C=O) groups is 2. The molecular formula is C21H26ClN3O3S. The van der Waals surface area contributed by atoms with Crippen molar-refractivity contribution in [2.75, 3.05) is 25.1 Å². The molecule has 0 atom stereocenters. The molecule has 1 aliphatic heterocycles. The molecule has 2 aromatic rings. The maximum atomic E-state index is 12.5. The molecule has 3 rings (SSSR count). The van der Waals surface area contributed by atoms with E-state index in [1.54, 1.807) is 5.38 Å². The Morgan fingerprint density at radius 1 is 1.31 bits per heavy atom. The minimum Gasteiger partial charge on any atom is -0.381 e. The number of aromatic nitrogens is 1. The van der Waals surface area contributed by atoms with Crippen LogP contribution in [0.3, 0.4) is 0 Å². The summed E-state index contributed by atoms with van der Waals surface area (Å²) in [4.78, 5) is 28.7. The van der Waals surface area contributed by atoms with Gasteiger partial charge in [-0.1, -0.05) is 37.6 Å². The van der Waals surface area contributed by atoms with Gasteiger partial charge in [0.15, 0.2) is 5.13 Å². The smallest absolute Gasteiger partial charge is 0.228 e. The van der Waals surface area contributed by atoms with Gasteiger partial charge in [0.05, 0.1) is 12.1 Å². The van der Waals surface area contributed by atoms with Crippen molar-refractivity contribution in [3.63, 3.8) is 0 Å². The van der Waals surface area contributed by atoms with Gasteiger partial charge in [0.25, 0.3) is 0 Å². The third kappa shape index (κ3) is 5.78. The molecule has 1 aromatic carbocycles. The maximum Gasteiger partial charge on any atom is 0.228 e. The van der Waals surface area contributed by atoms with Crippen LogP contribution in [0.1, 0.15) is 37.9 Å². The van der Waals surface area contributed by atoms with Gasteiger partial charge in [-0.25, -0.2) is 4.98 Å². The molecule has 0 aliphatic carbocycles. The number of amides is 2. The van der Waals surface area contributed by atoms with Crippen molar-refractivity contribution in [3.05, 3.63) is 45.9 Å². The van der Waals surface area contributed by atoms with Crippen LogP contribution in [-0.2, 0) is 26.2 Å². The summed E-state index contributed by atoms with van der Waals surface area (Å²) in [5.74, 6) is -0.295. The highest BCUT2D eigenvalue weighted by Crippen LogP contribution is 2.35. The van der Waals surface area contributed by atoms with Crippen LogP contribution in [0, 0.1) is 5.92 Å². The van der Waals surface area contributed by atoms with Gasteiger partial charge in [0.1, 0.15) is 0 Å². The van der Waals surface area contributed by atoms with Crippen molar-refractivity contribution in [2.45, 2.75) is 38.5 Å². The molecule has 2 N–H and O–H groups in total. The lowest BCUT2D eigenvalue weighted by Crippen LogP contribution is -2.45. The first-order valence-electron chi connectivity index (χ1n) is 9.74. The summed E-state index contributed by atoms with van der Waals surface area (Å²) >= 11 is 7.53. The van der Waals surface area contributed by atoms with Crippen LogP contribution in [-0.4, -0.2) is 36.6 Å². The van der Waals surface area contributed by atoms with Crippen LogP contribution in [0.25, 0.3) is 0 Å². The molecule has 156 valence electrons. The van der Waals surface area contributed by atoms with E-state index in [-0.39, 0.29) is 29.6 Å². The van der Waals surface area contributed by atoms with E-state index < -0.39 is 0 Å². The molecule has 1 saturated heterocycles. The zero-order chi connectivity index (χ0) is 20.9. The zero-order valence-electron chi connectivity index (χ0n) is 16.7.